The van der Waals surface area contributed by atoms with Gasteiger partial charge in [0, 0.05) is 23.7 Å². The maximum Gasteiger partial charge on any atom is 0.289 e. The molecule has 1 saturated carbocycles. The van der Waals surface area contributed by atoms with Crippen LogP contribution >= 0.6 is 11.6 Å². The minimum Gasteiger partial charge on any atom is -0.482 e. The highest BCUT2D eigenvalue weighted by Crippen LogP contribution is 2.34. The molecule has 5 nitrogen and oxygen atoms in total. The molecule has 2 amide bonds. The van der Waals surface area contributed by atoms with E-state index in [9.17, 15) is 14.0 Å². The molecule has 3 aromatic rings. The quantitative estimate of drug-likeness (QED) is 0.400. The number of hydrogen-bond donors (Lipinski definition) is 1. The fourth-order valence-electron chi connectivity index (χ4n) is 4.96. The number of morpholine rings is 1. The molecule has 0 spiro atoms. The van der Waals surface area contributed by atoms with Crippen molar-refractivity contribution in [2.24, 2.45) is 0 Å². The van der Waals surface area contributed by atoms with Crippen LogP contribution in [-0.4, -0.2) is 28.9 Å². The summed E-state index contributed by atoms with van der Waals surface area (Å²) in [6.45, 7) is 0.735. The van der Waals surface area contributed by atoms with Crippen LogP contribution in [-0.2, 0) is 22.6 Å². The number of halogens is 2. The van der Waals surface area contributed by atoms with Crippen LogP contribution in [0.1, 0.15) is 52.7 Å². The second kappa shape index (κ2) is 11.2. The number of rotatable bonds is 6. The number of carbonyl (C=O) groups excluding carboxylic acids is 2. The maximum absolute atomic E-state index is 13.8. The van der Waals surface area contributed by atoms with E-state index in [1.165, 1.54) is 12.1 Å². The Morgan fingerprint density at radius 3 is 2.54 bits per heavy atom. The molecule has 0 aromatic heterocycles. The molecule has 2 fully saturated rings. The molecular formula is C30H28ClFN2O3. The summed E-state index contributed by atoms with van der Waals surface area (Å²) in [4.78, 5) is 27.9. The molecule has 1 aliphatic heterocycles. The molecule has 0 radical (unpaired) electrons. The molecule has 2 unspecified atom stereocenters. The van der Waals surface area contributed by atoms with E-state index >= 15 is 0 Å². The average molecular weight is 519 g/mol. The van der Waals surface area contributed by atoms with Crippen LogP contribution in [0.4, 0.5) is 4.39 Å². The van der Waals surface area contributed by atoms with Crippen LogP contribution in [0.2, 0.25) is 5.02 Å². The molecule has 2 atom stereocenters. The van der Waals surface area contributed by atoms with Gasteiger partial charge in [0.1, 0.15) is 11.9 Å². The lowest BCUT2D eigenvalue weighted by molar-refractivity contribution is -0.149. The molecule has 3 aromatic carbocycles. The smallest absolute Gasteiger partial charge is 0.289 e. The van der Waals surface area contributed by atoms with Gasteiger partial charge in [0.15, 0.2) is 5.76 Å². The topological polar surface area (TPSA) is 58.6 Å². The summed E-state index contributed by atoms with van der Waals surface area (Å²) in [6, 6.07) is 20.7. The summed E-state index contributed by atoms with van der Waals surface area (Å²) in [6.07, 6.45) is 5.49. The molecule has 190 valence electrons. The normalized spacial score (nSPS) is 20.3. The van der Waals surface area contributed by atoms with Gasteiger partial charge in [-0.3, -0.25) is 9.59 Å². The number of nitrogens with one attached hydrogen (secondary N) is 1. The predicted octanol–water partition coefficient (Wildman–Crippen LogP) is 6.12. The SMILES string of the molecule is O=C(NCc1ccc(Cl)cc1)c1ccc(/C=C2\OC3CCCCC3N(Cc3cccc(F)c3)C2=O)cc1. The minimum absolute atomic E-state index is 0.0200. The summed E-state index contributed by atoms with van der Waals surface area (Å²) < 4.78 is 20.0. The van der Waals surface area contributed by atoms with E-state index < -0.39 is 0 Å². The Morgan fingerprint density at radius 1 is 1.03 bits per heavy atom. The van der Waals surface area contributed by atoms with E-state index in [0.29, 0.717) is 23.7 Å². The summed E-state index contributed by atoms with van der Waals surface area (Å²) in [5, 5.41) is 3.55. The first-order valence-corrected chi connectivity index (χ1v) is 12.9. The second-order valence-electron chi connectivity index (χ2n) is 9.51. The number of ether oxygens (including phenoxy) is 1. The Kier molecular flexibility index (Phi) is 7.56. The molecule has 2 aliphatic rings. The molecule has 1 heterocycles. The first kappa shape index (κ1) is 25.0. The third-order valence-electron chi connectivity index (χ3n) is 6.90. The largest absolute Gasteiger partial charge is 0.482 e. The number of benzene rings is 3. The van der Waals surface area contributed by atoms with Gasteiger partial charge in [0.2, 0.25) is 0 Å². The van der Waals surface area contributed by atoms with Crippen molar-refractivity contribution < 1.29 is 18.7 Å². The van der Waals surface area contributed by atoms with Crippen molar-refractivity contribution in [3.63, 3.8) is 0 Å². The third-order valence-corrected chi connectivity index (χ3v) is 7.15. The fraction of sp³-hybridized carbons (Fsp3) is 0.267. The first-order valence-electron chi connectivity index (χ1n) is 12.5. The lowest BCUT2D eigenvalue weighted by Crippen LogP contribution is -2.54. The second-order valence-corrected chi connectivity index (χ2v) is 9.95. The molecule has 1 aliphatic carbocycles. The van der Waals surface area contributed by atoms with Crippen molar-refractivity contribution in [1.82, 2.24) is 10.2 Å². The minimum atomic E-state index is -0.313. The Bertz CT molecular complexity index is 1310. The molecule has 0 bridgehead atoms. The highest BCUT2D eigenvalue weighted by atomic mass is 35.5. The number of nitrogens with zero attached hydrogens (tertiary/aromatic N) is 1. The lowest BCUT2D eigenvalue weighted by Gasteiger charge is -2.44. The zero-order valence-electron chi connectivity index (χ0n) is 20.3. The molecular weight excluding hydrogens is 491 g/mol. The summed E-state index contributed by atoms with van der Waals surface area (Å²) in [7, 11) is 0. The molecule has 1 N–H and O–H groups in total. The first-order chi connectivity index (χ1) is 18.0. The Labute approximate surface area is 220 Å². The monoisotopic (exact) mass is 518 g/mol. The number of amides is 2. The van der Waals surface area contributed by atoms with Crippen LogP contribution in [0.15, 0.2) is 78.6 Å². The van der Waals surface area contributed by atoms with Gasteiger partial charge in [0.05, 0.1) is 6.04 Å². The zero-order valence-corrected chi connectivity index (χ0v) is 21.1. The Hall–Kier alpha value is -3.64. The van der Waals surface area contributed by atoms with Gasteiger partial charge in [-0.1, -0.05) is 54.4 Å². The molecule has 37 heavy (non-hydrogen) atoms. The summed E-state index contributed by atoms with van der Waals surface area (Å²) in [5.41, 5.74) is 2.99. The average Bonchev–Trinajstić information content (AvgIpc) is 2.91. The van der Waals surface area contributed by atoms with E-state index in [4.69, 9.17) is 16.3 Å². The van der Waals surface area contributed by atoms with Gasteiger partial charge in [-0.15, -0.1) is 0 Å². The lowest BCUT2D eigenvalue weighted by atomic mass is 9.89. The zero-order chi connectivity index (χ0) is 25.8. The predicted molar refractivity (Wildman–Crippen MR) is 141 cm³/mol. The number of fused-ring (bicyclic) bond motifs is 1. The van der Waals surface area contributed by atoms with Gasteiger partial charge in [-0.25, -0.2) is 4.39 Å². The van der Waals surface area contributed by atoms with Gasteiger partial charge in [0.25, 0.3) is 11.8 Å². The standard InChI is InChI=1S/C30H28ClFN2O3/c31-24-14-10-21(11-15-24)18-33-29(35)23-12-8-20(9-13-23)17-28-30(36)34(19-22-4-3-5-25(32)16-22)26-6-1-2-7-27(26)37-28/h3-5,8-17,26-27H,1-2,6-7,18-19H2,(H,33,35)/b28-17-. The van der Waals surface area contributed by atoms with Crippen molar-refractivity contribution in [3.05, 3.63) is 112 Å². The van der Waals surface area contributed by atoms with Crippen LogP contribution in [0.5, 0.6) is 0 Å². The van der Waals surface area contributed by atoms with Crippen molar-refractivity contribution in [1.29, 1.82) is 0 Å². The number of hydrogen-bond acceptors (Lipinski definition) is 3. The highest BCUT2D eigenvalue weighted by molar-refractivity contribution is 6.30. The summed E-state index contributed by atoms with van der Waals surface area (Å²) in [5.74, 6) is -0.423. The molecule has 7 heteroatoms. The fourth-order valence-corrected chi connectivity index (χ4v) is 5.09. The third kappa shape index (κ3) is 6.03. The van der Waals surface area contributed by atoms with Crippen molar-refractivity contribution in [2.45, 2.75) is 50.9 Å². The Balaban J connectivity index is 1.29. The van der Waals surface area contributed by atoms with Gasteiger partial charge >= 0.3 is 0 Å². The molecule has 1 saturated heterocycles. The van der Waals surface area contributed by atoms with Gasteiger partial charge in [-0.2, -0.15) is 0 Å². The van der Waals surface area contributed by atoms with Crippen LogP contribution in [0.3, 0.4) is 0 Å². The highest BCUT2D eigenvalue weighted by Gasteiger charge is 2.41. The van der Waals surface area contributed by atoms with Crippen LogP contribution < -0.4 is 5.32 Å². The van der Waals surface area contributed by atoms with E-state index in [2.05, 4.69) is 5.32 Å². The van der Waals surface area contributed by atoms with E-state index in [-0.39, 0.29) is 35.5 Å². The number of carbonyl (C=O) groups is 2. The summed E-state index contributed by atoms with van der Waals surface area (Å²) >= 11 is 5.91. The van der Waals surface area contributed by atoms with E-state index in [0.717, 1.165) is 42.4 Å². The molecule has 5 rings (SSSR count). The maximum atomic E-state index is 13.8. The van der Waals surface area contributed by atoms with E-state index in [1.54, 1.807) is 48.5 Å². The van der Waals surface area contributed by atoms with Crippen LogP contribution in [0.25, 0.3) is 6.08 Å². The van der Waals surface area contributed by atoms with Crippen molar-refractivity contribution in [2.75, 3.05) is 0 Å². The van der Waals surface area contributed by atoms with Gasteiger partial charge in [-0.05, 0) is 78.4 Å². The van der Waals surface area contributed by atoms with E-state index in [1.807, 2.05) is 23.1 Å². The Morgan fingerprint density at radius 2 is 1.78 bits per heavy atom. The van der Waals surface area contributed by atoms with Crippen molar-refractivity contribution in [3.8, 4) is 0 Å². The van der Waals surface area contributed by atoms with Crippen LogP contribution in [0, 0.1) is 5.82 Å². The van der Waals surface area contributed by atoms with Crippen molar-refractivity contribution >= 4 is 29.5 Å². The van der Waals surface area contributed by atoms with Gasteiger partial charge < -0.3 is 15.0 Å².